The number of nitro groups is 1. The Hall–Kier alpha value is -3.07. The third-order valence-corrected chi connectivity index (χ3v) is 3.58. The summed E-state index contributed by atoms with van der Waals surface area (Å²) in [4.78, 5) is 10.7. The molecule has 2 aromatic rings. The Bertz CT molecular complexity index is 736. The average Bonchev–Trinajstić information content (AvgIpc) is 2.59. The van der Waals surface area contributed by atoms with Crippen LogP contribution in [0.4, 0.5) is 11.4 Å². The summed E-state index contributed by atoms with van der Waals surface area (Å²) in [6, 6.07) is 13.8. The molecule has 0 heterocycles. The number of nitro benzene ring substituents is 1. The van der Waals surface area contributed by atoms with Crippen LogP contribution >= 0.6 is 0 Å². The number of nitrogens with one attached hydrogen (secondary N) is 1. The molecule has 0 aromatic heterocycles. The van der Waals surface area contributed by atoms with Crippen molar-refractivity contribution in [2.24, 2.45) is 0 Å². The van der Waals surface area contributed by atoms with E-state index in [0.717, 1.165) is 17.7 Å². The molecule has 2 rings (SSSR count). The number of nitrogens with zero attached hydrogens (tertiary/aromatic N) is 2. The minimum atomic E-state index is -0.482. The van der Waals surface area contributed by atoms with Gasteiger partial charge in [0.25, 0.3) is 5.69 Å². The van der Waals surface area contributed by atoms with Gasteiger partial charge in [-0.3, -0.25) is 10.1 Å². The van der Waals surface area contributed by atoms with Gasteiger partial charge in [-0.05, 0) is 36.2 Å². The Kier molecular flexibility index (Phi) is 5.15. The first-order valence-electron chi connectivity index (χ1n) is 7.18. The number of nitriles is 1. The highest BCUT2D eigenvalue weighted by molar-refractivity contribution is 5.64. The van der Waals surface area contributed by atoms with Crippen LogP contribution in [0.25, 0.3) is 0 Å². The van der Waals surface area contributed by atoms with Gasteiger partial charge in [-0.15, -0.1) is 0 Å². The smallest absolute Gasteiger partial charge is 0.293 e. The molecule has 0 aliphatic carbocycles. The highest BCUT2D eigenvalue weighted by atomic mass is 16.6. The van der Waals surface area contributed by atoms with Crippen molar-refractivity contribution >= 4 is 11.4 Å². The molecule has 1 unspecified atom stereocenters. The number of hydrogen-bond acceptors (Lipinski definition) is 5. The Balaban J connectivity index is 2.31. The molecule has 0 saturated carbocycles. The van der Waals surface area contributed by atoms with Crippen molar-refractivity contribution in [1.29, 1.82) is 5.26 Å². The number of rotatable bonds is 6. The van der Waals surface area contributed by atoms with Crippen LogP contribution in [-0.2, 0) is 0 Å². The van der Waals surface area contributed by atoms with E-state index in [9.17, 15) is 10.1 Å². The second-order valence-corrected chi connectivity index (χ2v) is 4.98. The van der Waals surface area contributed by atoms with Gasteiger partial charge in [0.05, 0.1) is 29.7 Å². The van der Waals surface area contributed by atoms with Crippen molar-refractivity contribution in [1.82, 2.24) is 0 Å². The summed E-state index contributed by atoms with van der Waals surface area (Å²) in [7, 11) is 1.60. The molecule has 2 aromatic carbocycles. The molecule has 0 fully saturated rings. The minimum absolute atomic E-state index is 0.0764. The molecule has 0 bridgehead atoms. The van der Waals surface area contributed by atoms with Crippen LogP contribution in [0.2, 0.25) is 0 Å². The first-order chi connectivity index (χ1) is 11.1. The molecule has 0 aliphatic heterocycles. The fraction of sp³-hybridized carbons (Fsp3) is 0.235. The topological polar surface area (TPSA) is 88.2 Å². The largest absolute Gasteiger partial charge is 0.497 e. The molecule has 118 valence electrons. The minimum Gasteiger partial charge on any atom is -0.497 e. The lowest BCUT2D eigenvalue weighted by Crippen LogP contribution is -2.11. The van der Waals surface area contributed by atoms with Crippen molar-refractivity contribution in [2.45, 2.75) is 19.4 Å². The Labute approximate surface area is 134 Å². The molecule has 0 amide bonds. The summed E-state index contributed by atoms with van der Waals surface area (Å²) in [6.07, 6.45) is 0.753. The fourth-order valence-corrected chi connectivity index (χ4v) is 2.32. The van der Waals surface area contributed by atoms with Crippen molar-refractivity contribution in [3.63, 3.8) is 0 Å². The van der Waals surface area contributed by atoms with Crippen molar-refractivity contribution in [2.75, 3.05) is 12.4 Å². The Morgan fingerprint density at radius 1 is 1.30 bits per heavy atom. The van der Waals surface area contributed by atoms with E-state index in [1.54, 1.807) is 19.2 Å². The zero-order chi connectivity index (χ0) is 16.8. The van der Waals surface area contributed by atoms with Crippen LogP contribution in [0.15, 0.2) is 42.5 Å². The summed E-state index contributed by atoms with van der Waals surface area (Å²) < 4.78 is 5.14. The van der Waals surface area contributed by atoms with Gasteiger partial charge >= 0.3 is 0 Å². The van der Waals surface area contributed by atoms with Crippen LogP contribution in [0.5, 0.6) is 5.75 Å². The van der Waals surface area contributed by atoms with E-state index < -0.39 is 4.92 Å². The lowest BCUT2D eigenvalue weighted by atomic mass is 10.0. The van der Waals surface area contributed by atoms with Gasteiger partial charge in [-0.1, -0.05) is 19.1 Å². The second-order valence-electron chi connectivity index (χ2n) is 4.98. The third kappa shape index (κ3) is 3.77. The predicted molar refractivity (Wildman–Crippen MR) is 87.5 cm³/mol. The van der Waals surface area contributed by atoms with Crippen LogP contribution in [0.3, 0.4) is 0 Å². The predicted octanol–water partition coefficient (Wildman–Crippen LogP) is 4.04. The monoisotopic (exact) mass is 311 g/mol. The van der Waals surface area contributed by atoms with E-state index >= 15 is 0 Å². The summed E-state index contributed by atoms with van der Waals surface area (Å²) >= 11 is 0. The molecule has 23 heavy (non-hydrogen) atoms. The zero-order valence-corrected chi connectivity index (χ0v) is 12.9. The standard InChI is InChI=1S/C17H17N3O3/c1-3-15(13-5-7-14(23-2)8-6-13)19-16-9-4-12(11-18)10-17(16)20(21)22/h4-10,15,19H,3H2,1-2H3. The van der Waals surface area contributed by atoms with Gasteiger partial charge in [-0.2, -0.15) is 5.26 Å². The number of benzene rings is 2. The van der Waals surface area contributed by atoms with E-state index in [1.807, 2.05) is 37.3 Å². The van der Waals surface area contributed by atoms with Gasteiger partial charge in [0.2, 0.25) is 0 Å². The molecule has 6 nitrogen and oxygen atoms in total. The number of methoxy groups -OCH3 is 1. The van der Waals surface area contributed by atoms with E-state index in [2.05, 4.69) is 5.32 Å². The van der Waals surface area contributed by atoms with Gasteiger partial charge < -0.3 is 10.1 Å². The Morgan fingerprint density at radius 3 is 2.52 bits per heavy atom. The van der Waals surface area contributed by atoms with Gasteiger partial charge in [0.15, 0.2) is 0 Å². The van der Waals surface area contributed by atoms with E-state index in [1.165, 1.54) is 6.07 Å². The molecule has 6 heteroatoms. The zero-order valence-electron chi connectivity index (χ0n) is 12.9. The summed E-state index contributed by atoms with van der Waals surface area (Å²) in [6.45, 7) is 2.00. The SMILES string of the molecule is CCC(Nc1ccc(C#N)cc1[N+](=O)[O-])c1ccc(OC)cc1. The lowest BCUT2D eigenvalue weighted by Gasteiger charge is -2.19. The normalized spacial score (nSPS) is 11.3. The van der Waals surface area contributed by atoms with Gasteiger partial charge in [0.1, 0.15) is 11.4 Å². The second kappa shape index (κ2) is 7.27. The van der Waals surface area contributed by atoms with E-state index in [0.29, 0.717) is 5.69 Å². The average molecular weight is 311 g/mol. The van der Waals surface area contributed by atoms with E-state index in [-0.39, 0.29) is 17.3 Å². The molecular formula is C17H17N3O3. The van der Waals surface area contributed by atoms with E-state index in [4.69, 9.17) is 10.00 Å². The highest BCUT2D eigenvalue weighted by Gasteiger charge is 2.18. The van der Waals surface area contributed by atoms with Crippen LogP contribution in [0.1, 0.15) is 30.5 Å². The number of hydrogen-bond donors (Lipinski definition) is 1. The molecule has 0 spiro atoms. The fourth-order valence-electron chi connectivity index (χ4n) is 2.32. The van der Waals surface area contributed by atoms with Crippen LogP contribution < -0.4 is 10.1 Å². The van der Waals surface area contributed by atoms with Crippen molar-refractivity contribution in [3.8, 4) is 11.8 Å². The molecule has 1 atom stereocenters. The summed E-state index contributed by atoms with van der Waals surface area (Å²) in [5.74, 6) is 0.757. The quantitative estimate of drug-likeness (QED) is 0.642. The molecular weight excluding hydrogens is 294 g/mol. The molecule has 1 N–H and O–H groups in total. The maximum atomic E-state index is 11.2. The number of anilines is 1. The Morgan fingerprint density at radius 2 is 2.00 bits per heavy atom. The van der Waals surface area contributed by atoms with Crippen LogP contribution in [-0.4, -0.2) is 12.0 Å². The first kappa shape index (κ1) is 16.3. The van der Waals surface area contributed by atoms with Crippen LogP contribution in [0, 0.1) is 21.4 Å². The summed E-state index contributed by atoms with van der Waals surface area (Å²) in [5.41, 5.74) is 1.57. The third-order valence-electron chi connectivity index (χ3n) is 3.58. The summed E-state index contributed by atoms with van der Waals surface area (Å²) in [5, 5.41) is 23.3. The maximum Gasteiger partial charge on any atom is 0.293 e. The molecule has 0 saturated heterocycles. The van der Waals surface area contributed by atoms with Crippen molar-refractivity contribution < 1.29 is 9.66 Å². The first-order valence-corrected chi connectivity index (χ1v) is 7.18. The lowest BCUT2D eigenvalue weighted by molar-refractivity contribution is -0.384. The maximum absolute atomic E-state index is 11.2. The van der Waals surface area contributed by atoms with Gasteiger partial charge in [0, 0.05) is 6.07 Å². The number of ether oxygens (including phenoxy) is 1. The highest BCUT2D eigenvalue weighted by Crippen LogP contribution is 2.31. The van der Waals surface area contributed by atoms with Crippen molar-refractivity contribution in [3.05, 3.63) is 63.7 Å². The molecule has 0 aliphatic rings. The molecule has 0 radical (unpaired) electrons. The van der Waals surface area contributed by atoms with Gasteiger partial charge in [-0.25, -0.2) is 0 Å².